The van der Waals surface area contributed by atoms with Crippen LogP contribution in [0.15, 0.2) is 11.7 Å². The zero-order chi connectivity index (χ0) is 12.2. The number of nitrogens with zero attached hydrogens (tertiary/aromatic N) is 1. The molecule has 1 rings (SSSR count). The summed E-state index contributed by atoms with van der Waals surface area (Å²) in [6.07, 6.45) is 3.23. The number of aromatic nitrogens is 1. The topological polar surface area (TPSA) is 62.2 Å². The molecule has 0 aromatic carbocycles. The summed E-state index contributed by atoms with van der Waals surface area (Å²) in [7, 11) is 0. The second kappa shape index (κ2) is 5.41. The lowest BCUT2D eigenvalue weighted by atomic mass is 9.95. The number of nitrogens with one attached hydrogen (secondary N) is 1. The number of carboxylic acids is 1. The molecule has 0 radical (unpaired) electrons. The van der Waals surface area contributed by atoms with Crippen LogP contribution in [0.4, 0.5) is 0 Å². The number of thiazole rings is 1. The molecular formula is C11H18N2O2S. The van der Waals surface area contributed by atoms with Gasteiger partial charge in [-0.1, -0.05) is 13.3 Å². The molecule has 2 atom stereocenters. The summed E-state index contributed by atoms with van der Waals surface area (Å²) in [5.41, 5.74) is 0.892. The highest BCUT2D eigenvalue weighted by atomic mass is 32.1. The normalized spacial score (nSPS) is 16.7. The lowest BCUT2D eigenvalue weighted by molar-refractivity contribution is -0.144. The van der Waals surface area contributed by atoms with Crippen LogP contribution in [-0.2, 0) is 4.79 Å². The van der Waals surface area contributed by atoms with Crippen LogP contribution in [0, 0.1) is 0 Å². The Morgan fingerprint density at radius 3 is 2.88 bits per heavy atom. The van der Waals surface area contributed by atoms with Gasteiger partial charge in [-0.05, 0) is 20.3 Å². The van der Waals surface area contributed by atoms with Crippen molar-refractivity contribution in [1.29, 1.82) is 0 Å². The molecule has 0 aliphatic heterocycles. The summed E-state index contributed by atoms with van der Waals surface area (Å²) in [5.74, 6) is -0.800. The van der Waals surface area contributed by atoms with Crippen LogP contribution in [0.2, 0.25) is 0 Å². The number of carbonyl (C=O) groups is 1. The van der Waals surface area contributed by atoms with Crippen LogP contribution in [-0.4, -0.2) is 21.6 Å². The van der Waals surface area contributed by atoms with Gasteiger partial charge in [-0.25, -0.2) is 0 Å². The molecule has 0 fully saturated rings. The van der Waals surface area contributed by atoms with E-state index in [9.17, 15) is 9.90 Å². The second-order valence-electron chi connectivity index (χ2n) is 4.16. The standard InChI is InChI=1S/C11H18N2O2S/c1-4-5-11(3,10(14)15)13-8(2)9-6-12-7-16-9/h6-8,13H,4-5H2,1-3H3,(H,14,15). The Hall–Kier alpha value is -0.940. The molecule has 0 bridgehead atoms. The number of rotatable bonds is 6. The predicted molar refractivity (Wildman–Crippen MR) is 64.6 cm³/mol. The van der Waals surface area contributed by atoms with Gasteiger partial charge < -0.3 is 5.11 Å². The molecule has 1 heterocycles. The van der Waals surface area contributed by atoms with Gasteiger partial charge in [-0.2, -0.15) is 0 Å². The SMILES string of the molecule is CCCC(C)(NC(C)c1cncs1)C(=O)O. The fourth-order valence-electron chi connectivity index (χ4n) is 1.73. The maximum Gasteiger partial charge on any atom is 0.323 e. The van der Waals surface area contributed by atoms with Crippen molar-refractivity contribution in [1.82, 2.24) is 10.3 Å². The largest absolute Gasteiger partial charge is 0.480 e. The van der Waals surface area contributed by atoms with Crippen LogP contribution in [0.3, 0.4) is 0 Å². The van der Waals surface area contributed by atoms with Gasteiger partial charge in [-0.3, -0.25) is 15.1 Å². The summed E-state index contributed by atoms with van der Waals surface area (Å²) in [6, 6.07) is 0.0140. The second-order valence-corrected chi connectivity index (χ2v) is 5.08. The average molecular weight is 242 g/mol. The van der Waals surface area contributed by atoms with E-state index in [1.54, 1.807) is 18.6 Å². The molecular weight excluding hydrogens is 224 g/mol. The third-order valence-corrected chi connectivity index (χ3v) is 3.59. The van der Waals surface area contributed by atoms with Crippen LogP contribution < -0.4 is 5.32 Å². The molecule has 0 amide bonds. The fraction of sp³-hybridized carbons (Fsp3) is 0.636. The molecule has 1 aromatic heterocycles. The molecule has 0 aliphatic carbocycles. The Kier molecular flexibility index (Phi) is 4.44. The number of hydrogen-bond acceptors (Lipinski definition) is 4. The Labute approximate surface area is 99.7 Å². The van der Waals surface area contributed by atoms with E-state index in [0.717, 1.165) is 11.3 Å². The highest BCUT2D eigenvalue weighted by Crippen LogP contribution is 2.22. The zero-order valence-corrected chi connectivity index (χ0v) is 10.7. The molecule has 0 spiro atoms. The van der Waals surface area contributed by atoms with Gasteiger partial charge in [0, 0.05) is 17.1 Å². The van der Waals surface area contributed by atoms with Gasteiger partial charge in [0.1, 0.15) is 5.54 Å². The van der Waals surface area contributed by atoms with Crippen molar-refractivity contribution in [3.05, 3.63) is 16.6 Å². The Morgan fingerprint density at radius 1 is 1.75 bits per heavy atom. The molecule has 0 aliphatic rings. The average Bonchev–Trinajstić information content (AvgIpc) is 2.70. The highest BCUT2D eigenvalue weighted by molar-refractivity contribution is 7.09. The molecule has 16 heavy (non-hydrogen) atoms. The summed E-state index contributed by atoms with van der Waals surface area (Å²) in [5, 5.41) is 12.4. The molecule has 1 aromatic rings. The third-order valence-electron chi connectivity index (χ3n) is 2.64. The summed E-state index contributed by atoms with van der Waals surface area (Å²) >= 11 is 1.53. The lowest BCUT2D eigenvalue weighted by Crippen LogP contribution is -2.50. The van der Waals surface area contributed by atoms with Gasteiger partial charge >= 0.3 is 5.97 Å². The minimum atomic E-state index is -0.863. The summed E-state index contributed by atoms with van der Waals surface area (Å²) in [4.78, 5) is 16.3. The Balaban J connectivity index is 2.72. The zero-order valence-electron chi connectivity index (χ0n) is 9.86. The van der Waals surface area contributed by atoms with Crippen LogP contribution in [0.1, 0.15) is 44.5 Å². The lowest BCUT2D eigenvalue weighted by Gasteiger charge is -2.29. The molecule has 0 saturated heterocycles. The first-order valence-electron chi connectivity index (χ1n) is 5.39. The first-order valence-corrected chi connectivity index (χ1v) is 6.27. The minimum absolute atomic E-state index is 0.0140. The molecule has 2 unspecified atom stereocenters. The van der Waals surface area contributed by atoms with Crippen molar-refractivity contribution in [3.63, 3.8) is 0 Å². The van der Waals surface area contributed by atoms with Crippen LogP contribution >= 0.6 is 11.3 Å². The van der Waals surface area contributed by atoms with Crippen molar-refractivity contribution in [2.45, 2.75) is 45.2 Å². The van der Waals surface area contributed by atoms with E-state index in [0.29, 0.717) is 6.42 Å². The summed E-state index contributed by atoms with van der Waals surface area (Å²) in [6.45, 7) is 5.68. The molecule has 4 nitrogen and oxygen atoms in total. The van der Waals surface area contributed by atoms with E-state index in [1.807, 2.05) is 13.8 Å². The number of hydrogen-bond donors (Lipinski definition) is 2. The van der Waals surface area contributed by atoms with E-state index < -0.39 is 11.5 Å². The highest BCUT2D eigenvalue weighted by Gasteiger charge is 2.33. The van der Waals surface area contributed by atoms with Crippen molar-refractivity contribution in [2.75, 3.05) is 0 Å². The van der Waals surface area contributed by atoms with E-state index in [-0.39, 0.29) is 6.04 Å². The van der Waals surface area contributed by atoms with Crippen LogP contribution in [0.25, 0.3) is 0 Å². The number of carboxylic acid groups (broad SMARTS) is 1. The van der Waals surface area contributed by atoms with Crippen molar-refractivity contribution >= 4 is 17.3 Å². The summed E-state index contributed by atoms with van der Waals surface area (Å²) < 4.78 is 0. The number of aliphatic carboxylic acids is 1. The van der Waals surface area contributed by atoms with Crippen molar-refractivity contribution < 1.29 is 9.90 Å². The van der Waals surface area contributed by atoms with E-state index in [2.05, 4.69) is 10.3 Å². The Bertz CT molecular complexity index is 340. The van der Waals surface area contributed by atoms with E-state index >= 15 is 0 Å². The molecule has 5 heteroatoms. The fourth-order valence-corrected chi connectivity index (χ4v) is 2.36. The van der Waals surface area contributed by atoms with Gasteiger partial charge in [-0.15, -0.1) is 11.3 Å². The molecule has 2 N–H and O–H groups in total. The Morgan fingerprint density at radius 2 is 2.44 bits per heavy atom. The third kappa shape index (κ3) is 3.02. The van der Waals surface area contributed by atoms with Crippen molar-refractivity contribution in [2.24, 2.45) is 0 Å². The van der Waals surface area contributed by atoms with Gasteiger partial charge in [0.15, 0.2) is 0 Å². The van der Waals surface area contributed by atoms with Gasteiger partial charge in [0.25, 0.3) is 0 Å². The van der Waals surface area contributed by atoms with E-state index in [1.165, 1.54) is 11.3 Å². The first kappa shape index (κ1) is 13.1. The first-order chi connectivity index (χ1) is 7.49. The van der Waals surface area contributed by atoms with Gasteiger partial charge in [0.2, 0.25) is 0 Å². The van der Waals surface area contributed by atoms with E-state index in [4.69, 9.17) is 0 Å². The maximum absolute atomic E-state index is 11.2. The minimum Gasteiger partial charge on any atom is -0.480 e. The molecule has 90 valence electrons. The maximum atomic E-state index is 11.2. The van der Waals surface area contributed by atoms with Crippen LogP contribution in [0.5, 0.6) is 0 Å². The molecule has 0 saturated carbocycles. The predicted octanol–water partition coefficient (Wildman–Crippen LogP) is 2.44. The van der Waals surface area contributed by atoms with Gasteiger partial charge in [0.05, 0.1) is 5.51 Å². The monoisotopic (exact) mass is 242 g/mol. The van der Waals surface area contributed by atoms with Crippen molar-refractivity contribution in [3.8, 4) is 0 Å². The quantitative estimate of drug-likeness (QED) is 0.804. The smallest absolute Gasteiger partial charge is 0.323 e.